The second kappa shape index (κ2) is 8.36. The van der Waals surface area contributed by atoms with Gasteiger partial charge in [-0.2, -0.15) is 13.2 Å². The summed E-state index contributed by atoms with van der Waals surface area (Å²) in [4.78, 5) is 18.0. The lowest BCUT2D eigenvalue weighted by molar-refractivity contribution is -0.141. The molecule has 1 aromatic carbocycles. The first-order chi connectivity index (χ1) is 15.1. The van der Waals surface area contributed by atoms with Crippen molar-refractivity contribution in [3.05, 3.63) is 40.9 Å². The van der Waals surface area contributed by atoms with Gasteiger partial charge in [0.1, 0.15) is 18.5 Å². The van der Waals surface area contributed by atoms with Crippen LogP contribution in [0.25, 0.3) is 22.2 Å². The van der Waals surface area contributed by atoms with Gasteiger partial charge in [-0.1, -0.05) is 12.8 Å². The van der Waals surface area contributed by atoms with Gasteiger partial charge >= 0.3 is 6.18 Å². The normalized spacial score (nSPS) is 19.3. The van der Waals surface area contributed by atoms with Crippen LogP contribution < -0.4 is 10.5 Å². The van der Waals surface area contributed by atoms with Crippen LogP contribution in [0.4, 0.5) is 23.4 Å². The van der Waals surface area contributed by atoms with E-state index in [1.54, 1.807) is 24.1 Å². The molecule has 170 valence electrons. The molecule has 1 aliphatic rings. The molecule has 2 atom stereocenters. The summed E-state index contributed by atoms with van der Waals surface area (Å²) in [6.45, 7) is -1.47. The molecule has 0 bridgehead atoms. The van der Waals surface area contributed by atoms with Crippen LogP contribution in [0.2, 0.25) is 0 Å². The first-order valence-corrected chi connectivity index (χ1v) is 10.1. The van der Waals surface area contributed by atoms with Gasteiger partial charge in [0.25, 0.3) is 5.56 Å². The number of aromatic hydroxyl groups is 1. The minimum Gasteiger partial charge on any atom is -0.507 e. The lowest BCUT2D eigenvalue weighted by Crippen LogP contribution is -2.41. The molecule has 1 saturated carbocycles. The summed E-state index contributed by atoms with van der Waals surface area (Å²) >= 11 is 0. The fourth-order valence-corrected chi connectivity index (χ4v) is 4.03. The minimum atomic E-state index is -4.58. The van der Waals surface area contributed by atoms with Crippen LogP contribution in [0, 0.1) is 0 Å². The molecule has 2 aromatic heterocycles. The van der Waals surface area contributed by atoms with E-state index in [1.165, 1.54) is 6.07 Å². The Labute approximate surface area is 180 Å². The minimum absolute atomic E-state index is 0.117. The van der Waals surface area contributed by atoms with Gasteiger partial charge in [-0.15, -0.1) is 10.2 Å². The van der Waals surface area contributed by atoms with Crippen LogP contribution in [0.1, 0.15) is 25.7 Å². The number of hydrogen-bond donors (Lipinski definition) is 1. The topological polar surface area (TPSA) is 84.1 Å². The number of nitrogens with zero attached hydrogens (tertiary/aromatic N) is 5. The molecule has 3 aromatic rings. The number of hydrogen-bond acceptors (Lipinski definition) is 6. The van der Waals surface area contributed by atoms with Gasteiger partial charge < -0.3 is 10.0 Å². The number of rotatable bonds is 4. The quantitative estimate of drug-likeness (QED) is 0.607. The molecule has 1 aliphatic carbocycles. The molecule has 0 unspecified atom stereocenters. The predicted molar refractivity (Wildman–Crippen MR) is 110 cm³/mol. The summed E-state index contributed by atoms with van der Waals surface area (Å²) in [5.41, 5.74) is -0.291. The van der Waals surface area contributed by atoms with Crippen molar-refractivity contribution in [2.75, 3.05) is 11.9 Å². The van der Waals surface area contributed by atoms with E-state index < -0.39 is 24.5 Å². The highest BCUT2D eigenvalue weighted by molar-refractivity contribution is 5.86. The van der Waals surface area contributed by atoms with Crippen LogP contribution >= 0.6 is 0 Å². The summed E-state index contributed by atoms with van der Waals surface area (Å²) in [7, 11) is 1.76. The second-order valence-electron chi connectivity index (χ2n) is 7.93. The van der Waals surface area contributed by atoms with Crippen molar-refractivity contribution in [2.24, 2.45) is 0 Å². The zero-order valence-corrected chi connectivity index (χ0v) is 17.2. The number of fused-ring (bicyclic) bond motifs is 1. The highest BCUT2D eigenvalue weighted by Crippen LogP contribution is 2.32. The molecule has 1 N–H and O–H groups in total. The van der Waals surface area contributed by atoms with Crippen molar-refractivity contribution < 1.29 is 22.7 Å². The molecular weight excluding hydrogens is 430 g/mol. The van der Waals surface area contributed by atoms with Crippen LogP contribution in [0.15, 0.2) is 35.4 Å². The van der Waals surface area contributed by atoms with E-state index in [9.17, 15) is 27.5 Å². The molecule has 0 spiro atoms. The Hall–Kier alpha value is -3.24. The summed E-state index contributed by atoms with van der Waals surface area (Å²) in [6, 6.07) is 5.42. The van der Waals surface area contributed by atoms with Gasteiger partial charge in [-0.05, 0) is 37.1 Å². The number of phenolic OH excluding ortho intramolecular Hbond substituents is 1. The third-order valence-corrected chi connectivity index (χ3v) is 5.72. The maximum Gasteiger partial charge on any atom is 0.406 e. The molecule has 2 heterocycles. The molecule has 32 heavy (non-hydrogen) atoms. The van der Waals surface area contributed by atoms with Crippen molar-refractivity contribution in [1.29, 1.82) is 0 Å². The first kappa shape index (κ1) is 22.0. The Morgan fingerprint density at radius 1 is 1.19 bits per heavy atom. The highest BCUT2D eigenvalue weighted by Gasteiger charge is 2.30. The first-order valence-electron chi connectivity index (χ1n) is 10.1. The lowest BCUT2D eigenvalue weighted by Gasteiger charge is -2.34. The van der Waals surface area contributed by atoms with E-state index in [4.69, 9.17) is 0 Å². The SMILES string of the molecule is CN(c1ccc(-c2cc3ncn(CC(F)(F)F)c(=O)c3cc2O)nn1)[C@@H]1CCCC[C@@H]1F. The maximum absolute atomic E-state index is 14.3. The summed E-state index contributed by atoms with van der Waals surface area (Å²) in [5, 5.41) is 18.5. The Morgan fingerprint density at radius 3 is 2.59 bits per heavy atom. The van der Waals surface area contributed by atoms with Gasteiger partial charge in [0.2, 0.25) is 0 Å². The van der Waals surface area contributed by atoms with Crippen molar-refractivity contribution in [3.63, 3.8) is 0 Å². The smallest absolute Gasteiger partial charge is 0.406 e. The molecule has 0 saturated heterocycles. The van der Waals surface area contributed by atoms with E-state index in [1.807, 2.05) is 0 Å². The number of benzene rings is 1. The number of halogens is 4. The highest BCUT2D eigenvalue weighted by atomic mass is 19.4. The fourth-order valence-electron chi connectivity index (χ4n) is 4.03. The van der Waals surface area contributed by atoms with Crippen LogP contribution in [0.3, 0.4) is 0 Å². The van der Waals surface area contributed by atoms with Crippen molar-refractivity contribution in [2.45, 2.75) is 50.6 Å². The van der Waals surface area contributed by atoms with Crippen LogP contribution in [-0.2, 0) is 6.54 Å². The zero-order chi connectivity index (χ0) is 23.0. The molecule has 11 heteroatoms. The van der Waals surface area contributed by atoms with Crippen molar-refractivity contribution in [3.8, 4) is 17.0 Å². The molecule has 0 radical (unpaired) electrons. The second-order valence-corrected chi connectivity index (χ2v) is 7.93. The van der Waals surface area contributed by atoms with Gasteiger partial charge in [-0.3, -0.25) is 9.36 Å². The largest absolute Gasteiger partial charge is 0.507 e. The fraction of sp³-hybridized carbons (Fsp3) is 0.429. The Kier molecular flexibility index (Phi) is 5.74. The summed E-state index contributed by atoms with van der Waals surface area (Å²) in [5.74, 6) is 0.143. The Balaban J connectivity index is 1.64. The lowest BCUT2D eigenvalue weighted by atomic mass is 9.92. The maximum atomic E-state index is 14.3. The molecule has 0 amide bonds. The van der Waals surface area contributed by atoms with E-state index in [-0.39, 0.29) is 34.0 Å². The number of anilines is 1. The number of alkyl halides is 4. The molecule has 4 rings (SSSR count). The molecular formula is C21H21F4N5O2. The summed E-state index contributed by atoms with van der Waals surface area (Å²) < 4.78 is 52.6. The van der Waals surface area contributed by atoms with Gasteiger partial charge in [0, 0.05) is 12.6 Å². The molecule has 1 fully saturated rings. The van der Waals surface area contributed by atoms with E-state index in [0.717, 1.165) is 31.7 Å². The van der Waals surface area contributed by atoms with Gasteiger partial charge in [0.15, 0.2) is 5.82 Å². The van der Waals surface area contributed by atoms with Gasteiger partial charge in [-0.25, -0.2) is 9.37 Å². The predicted octanol–water partition coefficient (Wildman–Crippen LogP) is 3.84. The number of aromatic nitrogens is 4. The average Bonchev–Trinajstić information content (AvgIpc) is 2.75. The zero-order valence-electron chi connectivity index (χ0n) is 17.2. The average molecular weight is 451 g/mol. The van der Waals surface area contributed by atoms with E-state index in [0.29, 0.717) is 16.8 Å². The summed E-state index contributed by atoms with van der Waals surface area (Å²) in [6.07, 6.45) is -1.64. The van der Waals surface area contributed by atoms with E-state index in [2.05, 4.69) is 15.2 Å². The van der Waals surface area contributed by atoms with E-state index >= 15 is 0 Å². The Bertz CT molecular complexity index is 1180. The third kappa shape index (κ3) is 4.37. The van der Waals surface area contributed by atoms with Crippen molar-refractivity contribution >= 4 is 16.7 Å². The molecule has 7 nitrogen and oxygen atoms in total. The van der Waals surface area contributed by atoms with Gasteiger partial charge in [0.05, 0.1) is 29.0 Å². The molecule has 0 aliphatic heterocycles. The Morgan fingerprint density at radius 2 is 1.94 bits per heavy atom. The standard InChI is InChI=1S/C21H21F4N5O2/c1-29(17-5-3-2-4-14(17)22)19-7-6-15(27-28-19)12-8-16-13(9-18(12)31)20(32)30(11-26-16)10-21(23,24)25/h6-9,11,14,17,31H,2-5,10H2,1H3/t14-,17+/m0/s1. The van der Waals surface area contributed by atoms with Crippen molar-refractivity contribution in [1.82, 2.24) is 19.7 Å². The third-order valence-electron chi connectivity index (χ3n) is 5.72. The monoisotopic (exact) mass is 451 g/mol. The number of phenols is 1. The van der Waals surface area contributed by atoms with Crippen LogP contribution in [0.5, 0.6) is 5.75 Å². The van der Waals surface area contributed by atoms with Crippen LogP contribution in [-0.4, -0.2) is 50.3 Å².